The fraction of sp³-hybridized carbons (Fsp3) is 0.120. The molecule has 0 aliphatic rings. The van der Waals surface area contributed by atoms with E-state index in [-0.39, 0.29) is 18.2 Å². The number of methoxy groups -OCH3 is 1. The lowest BCUT2D eigenvalue weighted by atomic mass is 9.99. The summed E-state index contributed by atoms with van der Waals surface area (Å²) < 4.78 is 8.25. The number of pyridine rings is 2. The van der Waals surface area contributed by atoms with Gasteiger partial charge in [0.15, 0.2) is 5.65 Å². The third-order valence-electron chi connectivity index (χ3n) is 5.54. The number of benzene rings is 1. The number of carbonyl (C=O) groups is 1. The van der Waals surface area contributed by atoms with E-state index in [1.807, 2.05) is 36.4 Å². The smallest absolute Gasteiger partial charge is 0.356 e. The van der Waals surface area contributed by atoms with Crippen molar-refractivity contribution in [1.82, 2.24) is 29.1 Å². The van der Waals surface area contributed by atoms with Gasteiger partial charge in [-0.3, -0.25) is 4.98 Å². The van der Waals surface area contributed by atoms with Crippen LogP contribution in [0.5, 0.6) is 0 Å². The van der Waals surface area contributed by atoms with Crippen LogP contribution in [0.4, 0.5) is 5.95 Å². The molecule has 11 heteroatoms. The maximum Gasteiger partial charge on any atom is 0.356 e. The SMILES string of the molecule is COC(=O)c1cc(-c2c(-c3ccccc3)nc(N)n3c(=O)n(Cc4ccc(Br)cn4)nc23)cc(C)n1. The van der Waals surface area contributed by atoms with Crippen LogP contribution in [0.15, 0.2) is 70.1 Å². The maximum atomic E-state index is 13.4. The van der Waals surface area contributed by atoms with Crippen LogP contribution in [-0.4, -0.2) is 42.2 Å². The highest BCUT2D eigenvalue weighted by molar-refractivity contribution is 9.10. The molecule has 10 nitrogen and oxygen atoms in total. The van der Waals surface area contributed by atoms with Gasteiger partial charge >= 0.3 is 11.7 Å². The Morgan fingerprint density at radius 2 is 1.86 bits per heavy atom. The average molecular weight is 546 g/mol. The van der Waals surface area contributed by atoms with Crippen LogP contribution >= 0.6 is 15.9 Å². The zero-order valence-corrected chi connectivity index (χ0v) is 20.9. The van der Waals surface area contributed by atoms with Crippen LogP contribution in [0.25, 0.3) is 28.0 Å². The van der Waals surface area contributed by atoms with E-state index in [0.717, 1.165) is 10.0 Å². The third kappa shape index (κ3) is 4.24. The highest BCUT2D eigenvalue weighted by atomic mass is 79.9. The highest BCUT2D eigenvalue weighted by Gasteiger charge is 2.23. The van der Waals surface area contributed by atoms with E-state index in [2.05, 4.69) is 36.0 Å². The summed E-state index contributed by atoms with van der Waals surface area (Å²) >= 11 is 3.36. The normalized spacial score (nSPS) is 11.1. The van der Waals surface area contributed by atoms with Gasteiger partial charge in [-0.25, -0.2) is 28.6 Å². The molecule has 0 amide bonds. The summed E-state index contributed by atoms with van der Waals surface area (Å²) in [4.78, 5) is 38.9. The molecule has 0 bridgehead atoms. The van der Waals surface area contributed by atoms with Crippen LogP contribution in [-0.2, 0) is 11.3 Å². The third-order valence-corrected chi connectivity index (χ3v) is 6.01. The van der Waals surface area contributed by atoms with Gasteiger partial charge in [-0.1, -0.05) is 30.3 Å². The van der Waals surface area contributed by atoms with E-state index in [1.54, 1.807) is 31.3 Å². The number of aromatic nitrogens is 6. The van der Waals surface area contributed by atoms with Crippen LogP contribution in [0.2, 0.25) is 0 Å². The lowest BCUT2D eigenvalue weighted by Crippen LogP contribution is -2.24. The summed E-state index contributed by atoms with van der Waals surface area (Å²) in [5, 5.41) is 4.64. The van der Waals surface area contributed by atoms with E-state index in [4.69, 9.17) is 10.5 Å². The Morgan fingerprint density at radius 3 is 2.56 bits per heavy atom. The number of carbonyl (C=O) groups excluding carboxylic acids is 1. The molecule has 5 aromatic rings. The van der Waals surface area contributed by atoms with Gasteiger partial charge in [0.05, 0.1) is 30.6 Å². The standard InChI is InChI=1S/C25H20BrN7O3/c1-14-10-16(11-19(29-14)23(34)36-2)20-21(15-6-4-3-5-7-15)30-24(27)33-22(20)31-32(25(33)35)13-18-9-8-17(26)12-28-18/h3-12H,13H2,1-2H3,(H2,27,30). The van der Waals surface area contributed by atoms with Gasteiger partial charge in [-0.2, -0.15) is 0 Å². The van der Waals surface area contributed by atoms with Crippen LogP contribution < -0.4 is 11.4 Å². The van der Waals surface area contributed by atoms with Gasteiger partial charge in [0.1, 0.15) is 5.69 Å². The molecular formula is C25H20BrN7O3. The van der Waals surface area contributed by atoms with Crippen molar-refractivity contribution in [2.75, 3.05) is 12.8 Å². The van der Waals surface area contributed by atoms with Gasteiger partial charge in [0, 0.05) is 21.9 Å². The molecule has 0 aliphatic heterocycles. The summed E-state index contributed by atoms with van der Waals surface area (Å²) in [6, 6.07) is 16.5. The number of nitrogens with two attached hydrogens (primary N) is 1. The molecule has 5 rings (SSSR count). The minimum absolute atomic E-state index is 0.00779. The van der Waals surface area contributed by atoms with Gasteiger partial charge < -0.3 is 10.5 Å². The quantitative estimate of drug-likeness (QED) is 0.332. The van der Waals surface area contributed by atoms with Crippen molar-refractivity contribution in [2.45, 2.75) is 13.5 Å². The molecule has 0 saturated carbocycles. The predicted molar refractivity (Wildman–Crippen MR) is 137 cm³/mol. The molecule has 0 unspecified atom stereocenters. The number of hydrogen-bond acceptors (Lipinski definition) is 8. The van der Waals surface area contributed by atoms with Crippen LogP contribution in [0.3, 0.4) is 0 Å². The molecule has 0 aliphatic carbocycles. The molecule has 0 atom stereocenters. The zero-order chi connectivity index (χ0) is 25.4. The number of fused-ring (bicyclic) bond motifs is 1. The molecule has 0 saturated heterocycles. The molecular weight excluding hydrogens is 526 g/mol. The zero-order valence-electron chi connectivity index (χ0n) is 19.3. The number of anilines is 1. The average Bonchev–Trinajstić information content (AvgIpc) is 3.20. The fourth-order valence-electron chi connectivity index (χ4n) is 3.95. The van der Waals surface area contributed by atoms with Crippen molar-refractivity contribution >= 4 is 33.5 Å². The Balaban J connectivity index is 1.81. The minimum Gasteiger partial charge on any atom is -0.464 e. The topological polar surface area (TPSA) is 130 Å². The van der Waals surface area contributed by atoms with Crippen LogP contribution in [0, 0.1) is 6.92 Å². The molecule has 1 aromatic carbocycles. The van der Waals surface area contributed by atoms with Crippen molar-refractivity contribution in [3.05, 3.63) is 92.8 Å². The molecule has 36 heavy (non-hydrogen) atoms. The summed E-state index contributed by atoms with van der Waals surface area (Å²) in [5.41, 5.74) is 9.90. The number of ether oxygens (including phenoxy) is 1. The first kappa shape index (κ1) is 23.4. The largest absolute Gasteiger partial charge is 0.464 e. The van der Waals surface area contributed by atoms with E-state index in [9.17, 15) is 9.59 Å². The van der Waals surface area contributed by atoms with Gasteiger partial charge in [-0.05, 0) is 52.7 Å². The predicted octanol–water partition coefficient (Wildman–Crippen LogP) is 3.50. The molecule has 0 spiro atoms. The summed E-state index contributed by atoms with van der Waals surface area (Å²) in [7, 11) is 1.29. The summed E-state index contributed by atoms with van der Waals surface area (Å²) in [6.45, 7) is 1.90. The maximum absolute atomic E-state index is 13.4. The van der Waals surface area contributed by atoms with Gasteiger partial charge in [-0.15, -0.1) is 5.10 Å². The lowest BCUT2D eigenvalue weighted by Gasteiger charge is -2.13. The van der Waals surface area contributed by atoms with Gasteiger partial charge in [0.25, 0.3) is 0 Å². The number of nitrogen functional groups attached to an aromatic ring is 1. The minimum atomic E-state index is -0.579. The molecule has 180 valence electrons. The van der Waals surface area contributed by atoms with E-state index >= 15 is 0 Å². The second-order valence-corrected chi connectivity index (χ2v) is 8.92. The fourth-order valence-corrected chi connectivity index (χ4v) is 4.19. The Kier molecular flexibility index (Phi) is 6.06. The molecule has 0 radical (unpaired) electrons. The Morgan fingerprint density at radius 1 is 1.08 bits per heavy atom. The van der Waals surface area contributed by atoms with Crippen molar-refractivity contribution in [3.63, 3.8) is 0 Å². The van der Waals surface area contributed by atoms with Crippen LogP contribution in [0.1, 0.15) is 21.9 Å². The van der Waals surface area contributed by atoms with E-state index < -0.39 is 11.7 Å². The van der Waals surface area contributed by atoms with Crippen molar-refractivity contribution in [2.24, 2.45) is 0 Å². The number of halogens is 1. The number of aryl methyl sites for hydroxylation is 1. The number of esters is 1. The second kappa shape index (κ2) is 9.34. The van der Waals surface area contributed by atoms with E-state index in [1.165, 1.54) is 16.2 Å². The molecule has 4 aromatic heterocycles. The van der Waals surface area contributed by atoms with Crippen molar-refractivity contribution in [1.29, 1.82) is 0 Å². The van der Waals surface area contributed by atoms with Crippen molar-refractivity contribution in [3.8, 4) is 22.4 Å². The number of hydrogen-bond donors (Lipinski definition) is 1. The Bertz CT molecular complexity index is 1660. The number of rotatable bonds is 5. The van der Waals surface area contributed by atoms with E-state index in [0.29, 0.717) is 33.9 Å². The first-order valence-electron chi connectivity index (χ1n) is 10.9. The van der Waals surface area contributed by atoms with Gasteiger partial charge in [0.2, 0.25) is 5.95 Å². The Labute approximate surface area is 213 Å². The molecule has 2 N–H and O–H groups in total. The first-order chi connectivity index (χ1) is 17.4. The monoisotopic (exact) mass is 545 g/mol. The Hall–Kier alpha value is -4.38. The molecule has 4 heterocycles. The summed E-state index contributed by atoms with van der Waals surface area (Å²) in [6.07, 6.45) is 1.65. The molecule has 0 fully saturated rings. The second-order valence-electron chi connectivity index (χ2n) is 8.00. The number of nitrogens with zero attached hydrogens (tertiary/aromatic N) is 6. The lowest BCUT2D eigenvalue weighted by molar-refractivity contribution is 0.0594. The highest BCUT2D eigenvalue weighted by Crippen LogP contribution is 2.35. The summed E-state index contributed by atoms with van der Waals surface area (Å²) in [5.74, 6) is -0.587. The first-order valence-corrected chi connectivity index (χ1v) is 11.7. The van der Waals surface area contributed by atoms with Crippen molar-refractivity contribution < 1.29 is 9.53 Å².